The van der Waals surface area contributed by atoms with E-state index in [9.17, 15) is 19.2 Å². The molecule has 16 heteroatoms. The number of amides is 4. The molecule has 0 saturated carbocycles. The van der Waals surface area contributed by atoms with Gasteiger partial charge in [0.2, 0.25) is 23.6 Å². The van der Waals surface area contributed by atoms with Crippen LogP contribution in [0.4, 0.5) is 0 Å². The van der Waals surface area contributed by atoms with Gasteiger partial charge in [0.1, 0.15) is 18.1 Å². The van der Waals surface area contributed by atoms with Crippen molar-refractivity contribution in [2.24, 2.45) is 44.4 Å². The number of nitrogens with zero attached hydrogens (tertiary/aromatic N) is 2. The first kappa shape index (κ1) is 41.2. The number of carbonyl (C=O) groups excluding carboxylic acids is 4. The van der Waals surface area contributed by atoms with Crippen molar-refractivity contribution in [3.63, 3.8) is 0 Å². The Bertz CT molecular complexity index is 1680. The highest BCUT2D eigenvalue weighted by atomic mass is 127. The lowest BCUT2D eigenvalue weighted by Crippen LogP contribution is -2.58. The third kappa shape index (κ3) is 14.6. The fourth-order valence-corrected chi connectivity index (χ4v) is 5.62. The first-order valence-corrected chi connectivity index (χ1v) is 17.9. The number of hydrogen-bond acceptors (Lipinski definition) is 7. The number of carbonyl (C=O) groups is 4. The lowest BCUT2D eigenvalue weighted by molar-refractivity contribution is -0.133. The van der Waals surface area contributed by atoms with Gasteiger partial charge in [0, 0.05) is 23.1 Å². The van der Waals surface area contributed by atoms with Crippen LogP contribution in [0.25, 0.3) is 11.1 Å². The largest absolute Gasteiger partial charge is 0.370 e. The molecule has 0 heterocycles. The Kier molecular flexibility index (Phi) is 16.8. The molecule has 278 valence electrons. The summed E-state index contributed by atoms with van der Waals surface area (Å²) in [4.78, 5) is 61.2. The van der Waals surface area contributed by atoms with Crippen LogP contribution in [-0.2, 0) is 32.0 Å². The van der Waals surface area contributed by atoms with Crippen LogP contribution in [-0.4, -0.2) is 72.8 Å². The molecule has 0 unspecified atom stereocenters. The van der Waals surface area contributed by atoms with Gasteiger partial charge >= 0.3 is 0 Å². The number of primary amides is 1. The SMILES string of the molecule is NC(=O)[C@H](CCCN=C(N)N)NC(=O)[C@H](Cc1ccc(-c2ccccc2)cc1)NC(=O)[C@H](CCCN=C(N)N)NC(=O)[C@@H](N)Cc1ccc(I)cc1. The zero-order valence-electron chi connectivity index (χ0n) is 28.8. The minimum atomic E-state index is -1.16. The molecule has 0 radical (unpaired) electrons. The van der Waals surface area contributed by atoms with Crippen LogP contribution < -0.4 is 50.4 Å². The number of rotatable bonds is 20. The Morgan fingerprint density at radius 2 is 1.04 bits per heavy atom. The first-order valence-electron chi connectivity index (χ1n) is 16.8. The number of aliphatic imine (C=N–C) groups is 2. The molecule has 0 spiro atoms. The van der Waals surface area contributed by atoms with Crippen molar-refractivity contribution >= 4 is 58.1 Å². The molecule has 4 atom stereocenters. The standard InChI is InChI=1S/C36H48IN11O4/c37-26-16-12-22(13-17-26)20-27(38)32(50)47-29(9-5-19-45-36(42)43)33(51)48-30(34(52)46-28(31(39)49)8-4-18-44-35(40)41)21-23-10-14-25(15-11-23)24-6-2-1-3-7-24/h1-3,6-7,10-17,27-30H,4-5,8-9,18-21,38H2,(H2,39,49)(H,46,52)(H,47,50)(H,48,51)(H4,40,41,44)(H4,42,43,45)/t27-,28-,29-,30-/m0/s1. The number of halogens is 1. The highest BCUT2D eigenvalue weighted by Crippen LogP contribution is 2.20. The van der Waals surface area contributed by atoms with Crippen LogP contribution >= 0.6 is 22.6 Å². The summed E-state index contributed by atoms with van der Waals surface area (Å²) in [5, 5.41) is 8.20. The number of nitrogens with two attached hydrogens (primary N) is 6. The molecule has 52 heavy (non-hydrogen) atoms. The summed E-state index contributed by atoms with van der Waals surface area (Å²) < 4.78 is 1.04. The summed E-state index contributed by atoms with van der Waals surface area (Å²) in [5.41, 5.74) is 37.2. The van der Waals surface area contributed by atoms with Crippen molar-refractivity contribution in [1.29, 1.82) is 0 Å². The Morgan fingerprint density at radius 3 is 1.60 bits per heavy atom. The number of guanidine groups is 2. The van der Waals surface area contributed by atoms with Gasteiger partial charge in [0.05, 0.1) is 6.04 Å². The van der Waals surface area contributed by atoms with Crippen LogP contribution in [0.1, 0.15) is 36.8 Å². The van der Waals surface area contributed by atoms with Gasteiger partial charge in [0.25, 0.3) is 0 Å². The fraction of sp³-hybridized carbons (Fsp3) is 0.333. The molecule has 0 aromatic heterocycles. The second-order valence-corrected chi connectivity index (χ2v) is 13.4. The number of nitrogens with one attached hydrogen (secondary N) is 3. The average molecular weight is 826 g/mol. The molecular formula is C36H48IN11O4. The highest BCUT2D eigenvalue weighted by Gasteiger charge is 2.30. The second-order valence-electron chi connectivity index (χ2n) is 12.2. The van der Waals surface area contributed by atoms with Crippen molar-refractivity contribution in [2.45, 2.75) is 62.7 Å². The van der Waals surface area contributed by atoms with Gasteiger partial charge in [-0.15, -0.1) is 0 Å². The molecule has 0 aliphatic rings. The van der Waals surface area contributed by atoms with Crippen LogP contribution in [0.15, 0.2) is 88.8 Å². The van der Waals surface area contributed by atoms with Crippen LogP contribution in [0, 0.1) is 3.57 Å². The molecule has 0 aliphatic heterocycles. The van der Waals surface area contributed by atoms with Gasteiger partial charge in [-0.25, -0.2) is 0 Å². The van der Waals surface area contributed by atoms with Crippen LogP contribution in [0.2, 0.25) is 0 Å². The molecule has 0 fully saturated rings. The minimum absolute atomic E-state index is 0.0626. The summed E-state index contributed by atoms with van der Waals surface area (Å²) in [5.74, 6) is -2.80. The maximum atomic E-state index is 13.9. The zero-order valence-corrected chi connectivity index (χ0v) is 31.0. The maximum Gasteiger partial charge on any atom is 0.243 e. The third-order valence-electron chi connectivity index (χ3n) is 8.02. The predicted octanol–water partition coefficient (Wildman–Crippen LogP) is 0.118. The summed E-state index contributed by atoms with van der Waals surface area (Å²) in [6, 6.07) is 20.6. The molecule has 3 aromatic carbocycles. The van der Waals surface area contributed by atoms with Gasteiger partial charge in [-0.1, -0.05) is 66.7 Å². The monoisotopic (exact) mass is 825 g/mol. The van der Waals surface area contributed by atoms with Gasteiger partial charge in [0.15, 0.2) is 11.9 Å². The number of benzene rings is 3. The van der Waals surface area contributed by atoms with Crippen molar-refractivity contribution in [3.05, 3.63) is 93.6 Å². The van der Waals surface area contributed by atoms with E-state index in [-0.39, 0.29) is 50.7 Å². The average Bonchev–Trinajstić information content (AvgIpc) is 3.11. The van der Waals surface area contributed by atoms with E-state index in [1.807, 2.05) is 78.9 Å². The van der Waals surface area contributed by atoms with Crippen molar-refractivity contribution < 1.29 is 19.2 Å². The van der Waals surface area contributed by atoms with E-state index in [4.69, 9.17) is 34.4 Å². The quantitative estimate of drug-likeness (QED) is 0.0323. The molecule has 4 amide bonds. The summed E-state index contributed by atoms with van der Waals surface area (Å²) in [6.45, 7) is 0.428. The molecule has 15 N–H and O–H groups in total. The van der Waals surface area contributed by atoms with Gasteiger partial charge in [-0.3, -0.25) is 29.2 Å². The van der Waals surface area contributed by atoms with Crippen molar-refractivity contribution in [2.75, 3.05) is 13.1 Å². The summed E-state index contributed by atoms with van der Waals surface area (Å²) in [7, 11) is 0. The number of hydrogen-bond donors (Lipinski definition) is 9. The Balaban J connectivity index is 1.84. The van der Waals surface area contributed by atoms with Gasteiger partial charge in [-0.05, 0) is 89.1 Å². The Morgan fingerprint density at radius 1 is 0.577 bits per heavy atom. The van der Waals surface area contributed by atoms with Crippen LogP contribution in [0.3, 0.4) is 0 Å². The van der Waals surface area contributed by atoms with E-state index in [1.54, 1.807) is 0 Å². The minimum Gasteiger partial charge on any atom is -0.370 e. The predicted molar refractivity (Wildman–Crippen MR) is 211 cm³/mol. The van der Waals surface area contributed by atoms with E-state index in [0.717, 1.165) is 25.8 Å². The van der Waals surface area contributed by atoms with E-state index < -0.39 is 47.8 Å². The highest BCUT2D eigenvalue weighted by molar-refractivity contribution is 14.1. The molecule has 0 aliphatic carbocycles. The summed E-state index contributed by atoms with van der Waals surface area (Å²) in [6.07, 6.45) is 1.29. The molecule has 15 nitrogen and oxygen atoms in total. The van der Waals surface area contributed by atoms with Crippen molar-refractivity contribution in [3.8, 4) is 11.1 Å². The Labute approximate surface area is 317 Å². The van der Waals surface area contributed by atoms with E-state index in [1.165, 1.54) is 0 Å². The fourth-order valence-electron chi connectivity index (χ4n) is 5.26. The lowest BCUT2D eigenvalue weighted by atomic mass is 9.99. The Hall–Kier alpha value is -5.23. The molecule has 0 bridgehead atoms. The first-order chi connectivity index (χ1) is 24.8. The van der Waals surface area contributed by atoms with E-state index >= 15 is 0 Å². The topological polar surface area (TPSA) is 285 Å². The normalized spacial score (nSPS) is 13.0. The van der Waals surface area contributed by atoms with E-state index in [0.29, 0.717) is 12.8 Å². The molecule has 3 rings (SSSR count). The smallest absolute Gasteiger partial charge is 0.243 e. The van der Waals surface area contributed by atoms with Gasteiger partial charge in [-0.2, -0.15) is 0 Å². The zero-order chi connectivity index (χ0) is 38.0. The van der Waals surface area contributed by atoms with Crippen molar-refractivity contribution in [1.82, 2.24) is 16.0 Å². The second kappa shape index (κ2) is 21.2. The summed E-state index contributed by atoms with van der Waals surface area (Å²) >= 11 is 2.19. The lowest BCUT2D eigenvalue weighted by Gasteiger charge is -2.25. The molecule has 3 aromatic rings. The molecular weight excluding hydrogens is 777 g/mol. The third-order valence-corrected chi connectivity index (χ3v) is 8.74. The molecule has 0 saturated heterocycles. The maximum absolute atomic E-state index is 13.9. The van der Waals surface area contributed by atoms with E-state index in [2.05, 4.69) is 48.5 Å². The van der Waals surface area contributed by atoms with Crippen LogP contribution in [0.5, 0.6) is 0 Å². The van der Waals surface area contributed by atoms with Gasteiger partial charge < -0.3 is 50.4 Å².